The average molecular weight is 385 g/mol. The Morgan fingerprint density at radius 1 is 1.44 bits per heavy atom. The predicted octanol–water partition coefficient (Wildman–Crippen LogP) is 1.41. The van der Waals surface area contributed by atoms with Crippen LogP contribution >= 0.6 is 35.7 Å². The number of hydrogen-bond acceptors (Lipinski definition) is 5. The van der Waals surface area contributed by atoms with Crippen molar-refractivity contribution in [1.29, 1.82) is 0 Å². The number of guanidine groups is 1. The molecule has 0 aromatic carbocycles. The summed E-state index contributed by atoms with van der Waals surface area (Å²) in [6.45, 7) is 5.93. The molecule has 0 unspecified atom stereocenters. The van der Waals surface area contributed by atoms with E-state index in [9.17, 15) is 0 Å². The quantitative estimate of drug-likeness (QED) is 0.334. The van der Waals surface area contributed by atoms with Crippen molar-refractivity contribution < 1.29 is 4.52 Å². The van der Waals surface area contributed by atoms with Gasteiger partial charge in [0.2, 0.25) is 5.89 Å². The van der Waals surface area contributed by atoms with Crippen molar-refractivity contribution >= 4 is 41.7 Å². The number of nitrogens with one attached hydrogen (secondary N) is 2. The number of rotatable bonds is 6. The lowest BCUT2D eigenvalue weighted by Gasteiger charge is -2.09. The average Bonchev–Trinajstić information content (AvgIpc) is 2.72. The van der Waals surface area contributed by atoms with Crippen LogP contribution in [0.1, 0.15) is 18.6 Å². The summed E-state index contributed by atoms with van der Waals surface area (Å²) in [6, 6.07) is 0. The predicted molar refractivity (Wildman–Crippen MR) is 85.7 cm³/mol. The fraction of sp³-hybridized carbons (Fsp3) is 0.700. The van der Waals surface area contributed by atoms with Crippen LogP contribution in [-0.4, -0.2) is 41.2 Å². The third-order valence-electron chi connectivity index (χ3n) is 1.88. The molecule has 0 saturated carbocycles. The molecule has 2 N–H and O–H groups in total. The maximum atomic E-state index is 4.99. The van der Waals surface area contributed by atoms with E-state index in [2.05, 4.69) is 32.0 Å². The van der Waals surface area contributed by atoms with Crippen molar-refractivity contribution in [3.63, 3.8) is 0 Å². The van der Waals surface area contributed by atoms with Crippen molar-refractivity contribution in [3.05, 3.63) is 11.7 Å². The van der Waals surface area contributed by atoms with E-state index in [-0.39, 0.29) is 24.0 Å². The van der Waals surface area contributed by atoms with E-state index in [0.29, 0.717) is 18.3 Å². The van der Waals surface area contributed by atoms with Gasteiger partial charge in [-0.3, -0.25) is 0 Å². The topological polar surface area (TPSA) is 75.3 Å². The summed E-state index contributed by atoms with van der Waals surface area (Å²) in [5.41, 5.74) is 0. The highest BCUT2D eigenvalue weighted by Crippen LogP contribution is 1.97. The van der Waals surface area contributed by atoms with Crippen LogP contribution in [0.5, 0.6) is 0 Å². The highest BCUT2D eigenvalue weighted by Gasteiger charge is 2.02. The molecule has 0 spiro atoms. The molecular weight excluding hydrogens is 365 g/mol. The number of thioether (sulfide) groups is 1. The molecular formula is C10H20IN5OS. The molecule has 18 heavy (non-hydrogen) atoms. The fourth-order valence-corrected chi connectivity index (χ4v) is 1.47. The van der Waals surface area contributed by atoms with E-state index in [1.165, 1.54) is 0 Å². The summed E-state index contributed by atoms with van der Waals surface area (Å²) in [7, 11) is 0. The molecule has 104 valence electrons. The van der Waals surface area contributed by atoms with Crippen LogP contribution in [0.3, 0.4) is 0 Å². The smallest absolute Gasteiger partial charge is 0.248 e. The summed E-state index contributed by atoms with van der Waals surface area (Å²) in [6.07, 6.45) is 2.08. The summed E-state index contributed by atoms with van der Waals surface area (Å²) in [5.74, 6) is 2.99. The summed E-state index contributed by atoms with van der Waals surface area (Å²) in [5, 5.41) is 10.1. The van der Waals surface area contributed by atoms with Crippen LogP contribution in [0.2, 0.25) is 0 Å². The second-order valence-electron chi connectivity index (χ2n) is 3.35. The van der Waals surface area contributed by atoms with E-state index < -0.39 is 0 Å². The third kappa shape index (κ3) is 7.04. The normalized spacial score (nSPS) is 10.9. The molecule has 1 aromatic rings. The molecule has 1 aromatic heterocycles. The first-order valence-electron chi connectivity index (χ1n) is 5.56. The SMILES string of the molecule is CCNC(=NCc1nc(C)no1)NCCSC.I. The van der Waals surface area contributed by atoms with Gasteiger partial charge in [0, 0.05) is 18.8 Å². The van der Waals surface area contributed by atoms with Crippen LogP contribution in [0.25, 0.3) is 0 Å². The van der Waals surface area contributed by atoms with Crippen molar-refractivity contribution in [2.75, 3.05) is 25.1 Å². The molecule has 0 bridgehead atoms. The molecule has 0 radical (unpaired) electrons. The molecule has 6 nitrogen and oxygen atoms in total. The molecule has 0 fully saturated rings. The van der Waals surface area contributed by atoms with Gasteiger partial charge in [0.1, 0.15) is 6.54 Å². The van der Waals surface area contributed by atoms with Crippen LogP contribution in [0, 0.1) is 6.92 Å². The van der Waals surface area contributed by atoms with E-state index in [1.54, 1.807) is 18.7 Å². The van der Waals surface area contributed by atoms with E-state index in [0.717, 1.165) is 24.8 Å². The zero-order valence-electron chi connectivity index (χ0n) is 10.9. The lowest BCUT2D eigenvalue weighted by Crippen LogP contribution is -2.38. The van der Waals surface area contributed by atoms with Crippen LogP contribution in [0.15, 0.2) is 9.52 Å². The first-order chi connectivity index (χ1) is 8.26. The van der Waals surface area contributed by atoms with E-state index in [4.69, 9.17) is 4.52 Å². The Hall–Kier alpha value is -0.510. The zero-order chi connectivity index (χ0) is 12.5. The van der Waals surface area contributed by atoms with Crippen molar-refractivity contribution in [1.82, 2.24) is 20.8 Å². The molecule has 1 rings (SSSR count). The van der Waals surface area contributed by atoms with E-state index >= 15 is 0 Å². The van der Waals surface area contributed by atoms with Gasteiger partial charge in [-0.25, -0.2) is 4.99 Å². The standard InChI is InChI=1S/C10H19N5OS.HI/c1-4-11-10(12-5-6-17-3)13-7-9-14-8(2)15-16-9;/h4-7H2,1-3H3,(H2,11,12,13);1H. The van der Waals surface area contributed by atoms with Crippen molar-refractivity contribution in [2.45, 2.75) is 20.4 Å². The van der Waals surface area contributed by atoms with Crippen molar-refractivity contribution in [3.8, 4) is 0 Å². The number of aliphatic imine (C=N–C) groups is 1. The second kappa shape index (κ2) is 10.4. The number of nitrogens with zero attached hydrogens (tertiary/aromatic N) is 3. The second-order valence-corrected chi connectivity index (χ2v) is 4.34. The molecule has 0 atom stereocenters. The molecule has 0 aliphatic heterocycles. The molecule has 8 heteroatoms. The van der Waals surface area contributed by atoms with Crippen LogP contribution < -0.4 is 10.6 Å². The van der Waals surface area contributed by atoms with Gasteiger partial charge in [0.15, 0.2) is 11.8 Å². The van der Waals surface area contributed by atoms with Gasteiger partial charge in [-0.1, -0.05) is 5.16 Å². The highest BCUT2D eigenvalue weighted by atomic mass is 127. The van der Waals surface area contributed by atoms with Crippen molar-refractivity contribution in [2.24, 2.45) is 4.99 Å². The molecule has 0 amide bonds. The summed E-state index contributed by atoms with van der Waals surface area (Å²) < 4.78 is 4.99. The van der Waals surface area contributed by atoms with Crippen LogP contribution in [0.4, 0.5) is 0 Å². The molecule has 0 aliphatic carbocycles. The minimum absolute atomic E-state index is 0. The number of aryl methyl sites for hydroxylation is 1. The molecule has 0 aliphatic rings. The zero-order valence-corrected chi connectivity index (χ0v) is 14.0. The van der Waals surface area contributed by atoms with Gasteiger partial charge in [0.25, 0.3) is 0 Å². The fourth-order valence-electron chi connectivity index (χ4n) is 1.16. The Bertz CT molecular complexity index is 358. The van der Waals surface area contributed by atoms with Gasteiger partial charge in [0.05, 0.1) is 0 Å². The Kier molecular flexibility index (Phi) is 10.1. The maximum Gasteiger partial charge on any atom is 0.248 e. The Morgan fingerprint density at radius 2 is 2.22 bits per heavy atom. The number of halogens is 1. The monoisotopic (exact) mass is 385 g/mol. The third-order valence-corrected chi connectivity index (χ3v) is 2.50. The first-order valence-corrected chi connectivity index (χ1v) is 6.96. The minimum atomic E-state index is 0. The summed E-state index contributed by atoms with van der Waals surface area (Å²) in [4.78, 5) is 8.45. The Balaban J connectivity index is 0.00000289. The van der Waals surface area contributed by atoms with Crippen LogP contribution in [-0.2, 0) is 6.54 Å². The van der Waals surface area contributed by atoms with Gasteiger partial charge in [-0.05, 0) is 20.1 Å². The first kappa shape index (κ1) is 17.5. The molecule has 0 saturated heterocycles. The number of hydrogen-bond donors (Lipinski definition) is 2. The Labute approximate surface area is 129 Å². The molecule has 1 heterocycles. The minimum Gasteiger partial charge on any atom is -0.357 e. The largest absolute Gasteiger partial charge is 0.357 e. The van der Waals surface area contributed by atoms with Gasteiger partial charge in [-0.2, -0.15) is 16.7 Å². The maximum absolute atomic E-state index is 4.99. The Morgan fingerprint density at radius 3 is 2.78 bits per heavy atom. The lowest BCUT2D eigenvalue weighted by atomic mass is 10.6. The number of aromatic nitrogens is 2. The summed E-state index contributed by atoms with van der Waals surface area (Å²) >= 11 is 1.79. The van der Waals surface area contributed by atoms with E-state index in [1.807, 2.05) is 6.92 Å². The van der Waals surface area contributed by atoms with Gasteiger partial charge in [-0.15, -0.1) is 24.0 Å². The highest BCUT2D eigenvalue weighted by molar-refractivity contribution is 14.0. The van der Waals surface area contributed by atoms with Gasteiger partial charge < -0.3 is 15.2 Å². The lowest BCUT2D eigenvalue weighted by molar-refractivity contribution is 0.376. The van der Waals surface area contributed by atoms with Gasteiger partial charge >= 0.3 is 0 Å².